The fraction of sp³-hybridized carbons (Fsp3) is 0.385. The molecule has 0 saturated carbocycles. The lowest BCUT2D eigenvalue weighted by atomic mass is 10.2. The quantitative estimate of drug-likeness (QED) is 0.841. The van der Waals surface area contributed by atoms with Gasteiger partial charge in [0.2, 0.25) is 0 Å². The van der Waals surface area contributed by atoms with Crippen LogP contribution in [0.15, 0.2) is 18.2 Å². The molecule has 2 rings (SSSR count). The third-order valence-electron chi connectivity index (χ3n) is 2.98. The van der Waals surface area contributed by atoms with Crippen LogP contribution in [0.2, 0.25) is 0 Å². The van der Waals surface area contributed by atoms with Crippen molar-refractivity contribution in [3.63, 3.8) is 0 Å². The van der Waals surface area contributed by atoms with Crippen molar-refractivity contribution in [2.24, 2.45) is 5.73 Å². The number of carboxylic acids is 1. The Labute approximate surface area is 105 Å². The molecule has 1 heterocycles. The molecular formula is C13H17N3O2. The van der Waals surface area contributed by atoms with E-state index in [1.54, 1.807) is 12.1 Å². The van der Waals surface area contributed by atoms with Gasteiger partial charge in [0.25, 0.3) is 0 Å². The summed E-state index contributed by atoms with van der Waals surface area (Å²) in [4.78, 5) is 15.4. The summed E-state index contributed by atoms with van der Waals surface area (Å²) in [5.41, 5.74) is 7.52. The zero-order chi connectivity index (χ0) is 13.1. The number of hydrogen-bond acceptors (Lipinski definition) is 3. The monoisotopic (exact) mass is 247 g/mol. The number of carbonyl (C=O) groups is 1. The minimum absolute atomic E-state index is 0.272. The van der Waals surface area contributed by atoms with Crippen molar-refractivity contribution in [1.29, 1.82) is 0 Å². The Balaban J connectivity index is 2.51. The topological polar surface area (TPSA) is 81.1 Å². The Morgan fingerprint density at radius 1 is 1.50 bits per heavy atom. The molecule has 0 spiro atoms. The van der Waals surface area contributed by atoms with E-state index in [2.05, 4.69) is 9.55 Å². The van der Waals surface area contributed by atoms with Gasteiger partial charge in [-0.3, -0.25) is 0 Å². The number of fused-ring (bicyclic) bond motifs is 1. The van der Waals surface area contributed by atoms with Gasteiger partial charge in [-0.1, -0.05) is 6.92 Å². The van der Waals surface area contributed by atoms with Crippen LogP contribution in [0.4, 0.5) is 0 Å². The van der Waals surface area contributed by atoms with Crippen molar-refractivity contribution in [3.05, 3.63) is 29.6 Å². The van der Waals surface area contributed by atoms with Crippen LogP contribution in [0.5, 0.6) is 0 Å². The maximum atomic E-state index is 10.9. The Bertz CT molecular complexity index is 575. The average molecular weight is 247 g/mol. The molecule has 18 heavy (non-hydrogen) atoms. The summed E-state index contributed by atoms with van der Waals surface area (Å²) in [5, 5.41) is 8.97. The molecule has 2 aromatic rings. The fourth-order valence-electron chi connectivity index (χ4n) is 2.08. The van der Waals surface area contributed by atoms with Crippen LogP contribution in [0.25, 0.3) is 11.0 Å². The molecule has 0 atom stereocenters. The predicted octanol–water partition coefficient (Wildman–Crippen LogP) is 1.65. The highest BCUT2D eigenvalue weighted by Gasteiger charge is 2.11. The number of rotatable bonds is 5. The molecule has 0 aliphatic rings. The van der Waals surface area contributed by atoms with E-state index in [4.69, 9.17) is 10.8 Å². The molecule has 0 bridgehead atoms. The molecule has 1 aromatic heterocycles. The summed E-state index contributed by atoms with van der Waals surface area (Å²) in [7, 11) is 0. The highest BCUT2D eigenvalue weighted by Crippen LogP contribution is 2.19. The van der Waals surface area contributed by atoms with Gasteiger partial charge in [-0.05, 0) is 31.2 Å². The molecule has 0 unspecified atom stereocenters. The molecule has 0 saturated heterocycles. The summed E-state index contributed by atoms with van der Waals surface area (Å²) in [6, 6.07) is 5.06. The summed E-state index contributed by atoms with van der Waals surface area (Å²) in [6.45, 7) is 3.50. The second-order valence-corrected chi connectivity index (χ2v) is 4.18. The highest BCUT2D eigenvalue weighted by molar-refractivity contribution is 5.92. The van der Waals surface area contributed by atoms with Crippen molar-refractivity contribution in [2.45, 2.75) is 26.3 Å². The van der Waals surface area contributed by atoms with E-state index in [1.807, 2.05) is 13.0 Å². The maximum absolute atomic E-state index is 10.9. The zero-order valence-electron chi connectivity index (χ0n) is 10.4. The molecule has 1 aromatic carbocycles. The van der Waals surface area contributed by atoms with Crippen LogP contribution in [0, 0.1) is 0 Å². The number of aromatic nitrogens is 2. The number of carboxylic acid groups (broad SMARTS) is 1. The van der Waals surface area contributed by atoms with E-state index < -0.39 is 5.97 Å². The van der Waals surface area contributed by atoms with Crippen LogP contribution < -0.4 is 5.73 Å². The van der Waals surface area contributed by atoms with Crippen LogP contribution >= 0.6 is 0 Å². The first-order valence-electron chi connectivity index (χ1n) is 6.10. The largest absolute Gasteiger partial charge is 0.478 e. The highest BCUT2D eigenvalue weighted by atomic mass is 16.4. The number of hydrogen-bond donors (Lipinski definition) is 2. The van der Waals surface area contributed by atoms with Gasteiger partial charge >= 0.3 is 5.97 Å². The van der Waals surface area contributed by atoms with Crippen molar-refractivity contribution in [1.82, 2.24) is 9.55 Å². The zero-order valence-corrected chi connectivity index (χ0v) is 10.4. The Morgan fingerprint density at radius 2 is 2.28 bits per heavy atom. The Morgan fingerprint density at radius 3 is 2.89 bits per heavy atom. The van der Waals surface area contributed by atoms with Gasteiger partial charge in [0, 0.05) is 13.0 Å². The van der Waals surface area contributed by atoms with E-state index in [1.165, 1.54) is 0 Å². The summed E-state index contributed by atoms with van der Waals surface area (Å²) >= 11 is 0. The number of aryl methyl sites for hydroxylation is 2. The third-order valence-corrected chi connectivity index (χ3v) is 2.98. The van der Waals surface area contributed by atoms with Gasteiger partial charge in [-0.2, -0.15) is 0 Å². The summed E-state index contributed by atoms with van der Waals surface area (Å²) < 4.78 is 2.12. The Hall–Kier alpha value is -1.88. The Kier molecular flexibility index (Phi) is 3.62. The smallest absolute Gasteiger partial charge is 0.335 e. The van der Waals surface area contributed by atoms with E-state index in [-0.39, 0.29) is 5.56 Å². The summed E-state index contributed by atoms with van der Waals surface area (Å²) in [5.74, 6) is 0.0486. The summed E-state index contributed by atoms with van der Waals surface area (Å²) in [6.07, 6.45) is 1.71. The van der Waals surface area contributed by atoms with Crippen LogP contribution in [-0.2, 0) is 13.0 Å². The van der Waals surface area contributed by atoms with Gasteiger partial charge in [0.15, 0.2) is 0 Å². The number of imidazole rings is 1. The maximum Gasteiger partial charge on any atom is 0.335 e. The van der Waals surface area contributed by atoms with Crippen molar-refractivity contribution in [2.75, 3.05) is 6.54 Å². The lowest BCUT2D eigenvalue weighted by molar-refractivity contribution is 0.0697. The average Bonchev–Trinajstić information content (AvgIpc) is 2.72. The minimum atomic E-state index is -0.925. The van der Waals surface area contributed by atoms with E-state index in [0.29, 0.717) is 6.54 Å². The standard InChI is InChI=1S/C13H17N3O2/c1-2-12-15-10-8-9(13(17)18)4-5-11(10)16(12)7-3-6-14/h4-5,8H,2-3,6-7,14H2,1H3,(H,17,18). The van der Waals surface area contributed by atoms with Gasteiger partial charge < -0.3 is 15.4 Å². The first-order valence-corrected chi connectivity index (χ1v) is 6.10. The normalized spacial score (nSPS) is 11.0. The first-order chi connectivity index (χ1) is 8.67. The number of nitrogens with zero attached hydrogens (tertiary/aromatic N) is 2. The molecule has 0 radical (unpaired) electrons. The van der Waals surface area contributed by atoms with Crippen LogP contribution in [0.1, 0.15) is 29.5 Å². The van der Waals surface area contributed by atoms with Gasteiger partial charge in [0.05, 0.1) is 16.6 Å². The minimum Gasteiger partial charge on any atom is -0.478 e. The number of nitrogens with two attached hydrogens (primary N) is 1. The second kappa shape index (κ2) is 5.18. The van der Waals surface area contributed by atoms with E-state index in [9.17, 15) is 4.79 Å². The predicted molar refractivity (Wildman–Crippen MR) is 69.7 cm³/mol. The lowest BCUT2D eigenvalue weighted by Crippen LogP contribution is -2.08. The number of aromatic carboxylic acids is 1. The van der Waals surface area contributed by atoms with Crippen molar-refractivity contribution in [3.8, 4) is 0 Å². The molecule has 96 valence electrons. The molecule has 0 aliphatic carbocycles. The van der Waals surface area contributed by atoms with Gasteiger partial charge in [-0.25, -0.2) is 9.78 Å². The second-order valence-electron chi connectivity index (χ2n) is 4.18. The lowest BCUT2D eigenvalue weighted by Gasteiger charge is -2.06. The van der Waals surface area contributed by atoms with Crippen molar-refractivity contribution >= 4 is 17.0 Å². The SMILES string of the molecule is CCc1nc2cc(C(=O)O)ccc2n1CCCN. The molecule has 3 N–H and O–H groups in total. The number of benzene rings is 1. The molecule has 5 nitrogen and oxygen atoms in total. The van der Waals surface area contributed by atoms with Crippen LogP contribution in [0.3, 0.4) is 0 Å². The molecular weight excluding hydrogens is 230 g/mol. The molecule has 5 heteroatoms. The first kappa shape index (κ1) is 12.6. The third kappa shape index (κ3) is 2.22. The van der Waals surface area contributed by atoms with Crippen LogP contribution in [-0.4, -0.2) is 27.2 Å². The molecule has 0 aliphatic heterocycles. The van der Waals surface area contributed by atoms with E-state index in [0.717, 1.165) is 36.2 Å². The molecule has 0 fully saturated rings. The fourth-order valence-corrected chi connectivity index (χ4v) is 2.08. The van der Waals surface area contributed by atoms with Crippen molar-refractivity contribution < 1.29 is 9.90 Å². The van der Waals surface area contributed by atoms with Gasteiger partial charge in [0.1, 0.15) is 5.82 Å². The molecule has 0 amide bonds. The van der Waals surface area contributed by atoms with E-state index >= 15 is 0 Å². The van der Waals surface area contributed by atoms with Gasteiger partial charge in [-0.15, -0.1) is 0 Å².